The van der Waals surface area contributed by atoms with E-state index in [1.807, 2.05) is 37.4 Å². The lowest BCUT2D eigenvalue weighted by atomic mass is 10.1. The van der Waals surface area contributed by atoms with Crippen LogP contribution in [-0.4, -0.2) is 43.0 Å². The minimum atomic E-state index is -0.487. The Balaban J connectivity index is 1.84. The van der Waals surface area contributed by atoms with Crippen LogP contribution in [0.2, 0.25) is 0 Å². The third kappa shape index (κ3) is 5.39. The SMILES string of the molecule is COC(=O)c1sc2nc(CN(C)Cc3cccc(OC)c3)ccc2c1NC(=O)C(C)C. The van der Waals surface area contributed by atoms with Crippen molar-refractivity contribution >= 4 is 39.1 Å². The third-order valence-electron chi connectivity index (χ3n) is 4.78. The topological polar surface area (TPSA) is 80.8 Å². The lowest BCUT2D eigenvalue weighted by Crippen LogP contribution is -2.19. The van der Waals surface area contributed by atoms with Crippen molar-refractivity contribution in [1.82, 2.24) is 9.88 Å². The fraction of sp³-hybridized carbons (Fsp3) is 0.348. The number of methoxy groups -OCH3 is 2. The van der Waals surface area contributed by atoms with E-state index in [1.165, 1.54) is 18.4 Å². The lowest BCUT2D eigenvalue weighted by Gasteiger charge is -2.16. The number of carbonyl (C=O) groups is 2. The maximum Gasteiger partial charge on any atom is 0.350 e. The van der Waals surface area contributed by atoms with Crippen molar-refractivity contribution in [2.45, 2.75) is 26.9 Å². The molecule has 0 aliphatic carbocycles. The van der Waals surface area contributed by atoms with E-state index in [-0.39, 0.29) is 11.8 Å². The quantitative estimate of drug-likeness (QED) is 0.525. The van der Waals surface area contributed by atoms with Gasteiger partial charge in [-0.25, -0.2) is 9.78 Å². The summed E-state index contributed by atoms with van der Waals surface area (Å²) in [7, 11) is 5.00. The van der Waals surface area contributed by atoms with Crippen LogP contribution in [0.15, 0.2) is 36.4 Å². The number of nitrogens with zero attached hydrogens (tertiary/aromatic N) is 2. The molecular weight excluding hydrogens is 414 g/mol. The molecule has 0 radical (unpaired) electrons. The van der Waals surface area contributed by atoms with Crippen molar-refractivity contribution in [3.63, 3.8) is 0 Å². The highest BCUT2D eigenvalue weighted by Crippen LogP contribution is 2.36. The molecule has 1 amide bonds. The van der Waals surface area contributed by atoms with Gasteiger partial charge in [-0.05, 0) is 36.9 Å². The molecule has 7 nitrogen and oxygen atoms in total. The van der Waals surface area contributed by atoms with E-state index in [4.69, 9.17) is 14.5 Å². The van der Waals surface area contributed by atoms with E-state index in [1.54, 1.807) is 21.0 Å². The fourth-order valence-electron chi connectivity index (χ4n) is 3.15. The highest BCUT2D eigenvalue weighted by molar-refractivity contribution is 7.21. The van der Waals surface area contributed by atoms with E-state index >= 15 is 0 Å². The van der Waals surface area contributed by atoms with Crippen LogP contribution in [0.25, 0.3) is 10.2 Å². The van der Waals surface area contributed by atoms with Crippen LogP contribution in [0, 0.1) is 5.92 Å². The Morgan fingerprint density at radius 1 is 1.16 bits per heavy atom. The fourth-order valence-corrected chi connectivity index (χ4v) is 4.21. The Labute approximate surface area is 186 Å². The molecule has 0 saturated carbocycles. The molecule has 0 fully saturated rings. The molecule has 3 aromatic rings. The molecule has 0 atom stereocenters. The average molecular weight is 442 g/mol. The first-order valence-electron chi connectivity index (χ1n) is 9.95. The molecule has 1 N–H and O–H groups in total. The minimum absolute atomic E-state index is 0.160. The van der Waals surface area contributed by atoms with Crippen LogP contribution in [0.3, 0.4) is 0 Å². The number of ether oxygens (including phenoxy) is 2. The molecule has 0 bridgehead atoms. The largest absolute Gasteiger partial charge is 0.497 e. The summed E-state index contributed by atoms with van der Waals surface area (Å²) in [6.45, 7) is 4.98. The zero-order chi connectivity index (χ0) is 22.5. The first-order chi connectivity index (χ1) is 14.8. The number of carbonyl (C=O) groups excluding carboxylic acids is 2. The Morgan fingerprint density at radius 3 is 2.61 bits per heavy atom. The monoisotopic (exact) mass is 441 g/mol. The second-order valence-electron chi connectivity index (χ2n) is 7.62. The summed E-state index contributed by atoms with van der Waals surface area (Å²) in [4.78, 5) is 32.4. The van der Waals surface area contributed by atoms with Crippen molar-refractivity contribution in [3.8, 4) is 5.75 Å². The van der Waals surface area contributed by atoms with Crippen molar-refractivity contribution < 1.29 is 19.1 Å². The van der Waals surface area contributed by atoms with E-state index in [0.29, 0.717) is 21.9 Å². The number of hydrogen-bond donors (Lipinski definition) is 1. The van der Waals surface area contributed by atoms with Gasteiger partial charge in [-0.1, -0.05) is 26.0 Å². The molecule has 0 aliphatic heterocycles. The maximum atomic E-state index is 12.3. The number of amides is 1. The minimum Gasteiger partial charge on any atom is -0.497 e. The van der Waals surface area contributed by atoms with Crippen molar-refractivity contribution in [3.05, 3.63) is 52.5 Å². The van der Waals surface area contributed by atoms with Gasteiger partial charge in [0.2, 0.25) is 5.91 Å². The Morgan fingerprint density at radius 2 is 1.94 bits per heavy atom. The summed E-state index contributed by atoms with van der Waals surface area (Å²) >= 11 is 1.23. The highest BCUT2D eigenvalue weighted by atomic mass is 32.1. The van der Waals surface area contributed by atoms with Gasteiger partial charge >= 0.3 is 5.97 Å². The first kappa shape index (κ1) is 22.7. The second-order valence-corrected chi connectivity index (χ2v) is 8.62. The van der Waals surface area contributed by atoms with Crippen LogP contribution in [0.1, 0.15) is 34.8 Å². The number of fused-ring (bicyclic) bond motifs is 1. The second kappa shape index (κ2) is 9.89. The van der Waals surface area contributed by atoms with Crippen LogP contribution in [0.5, 0.6) is 5.75 Å². The molecule has 2 aromatic heterocycles. The van der Waals surface area contributed by atoms with Crippen molar-refractivity contribution in [1.29, 1.82) is 0 Å². The predicted molar refractivity (Wildman–Crippen MR) is 123 cm³/mol. The van der Waals surface area contributed by atoms with Crippen LogP contribution in [0.4, 0.5) is 5.69 Å². The first-order valence-corrected chi connectivity index (χ1v) is 10.8. The van der Waals surface area contributed by atoms with Crippen LogP contribution in [-0.2, 0) is 22.6 Å². The summed E-state index contributed by atoms with van der Waals surface area (Å²) in [5.41, 5.74) is 2.48. The molecule has 0 spiro atoms. The summed E-state index contributed by atoms with van der Waals surface area (Å²) < 4.78 is 10.2. The average Bonchev–Trinajstić information content (AvgIpc) is 3.10. The zero-order valence-corrected chi connectivity index (χ0v) is 19.2. The van der Waals surface area contributed by atoms with Gasteiger partial charge in [0.25, 0.3) is 0 Å². The van der Waals surface area contributed by atoms with Gasteiger partial charge in [0.15, 0.2) is 0 Å². The molecule has 0 saturated heterocycles. The third-order valence-corrected chi connectivity index (χ3v) is 5.85. The van der Waals surface area contributed by atoms with E-state index in [0.717, 1.165) is 28.9 Å². The van der Waals surface area contributed by atoms with Gasteiger partial charge in [-0.15, -0.1) is 11.3 Å². The number of nitrogens with one attached hydrogen (secondary N) is 1. The summed E-state index contributed by atoms with van der Waals surface area (Å²) in [6, 6.07) is 11.8. The van der Waals surface area contributed by atoms with E-state index in [9.17, 15) is 9.59 Å². The number of hydrogen-bond acceptors (Lipinski definition) is 7. The summed E-state index contributed by atoms with van der Waals surface area (Å²) in [5.74, 6) is -0.0287. The molecule has 0 aliphatic rings. The van der Waals surface area contributed by atoms with Crippen LogP contribution >= 0.6 is 11.3 Å². The predicted octanol–water partition coefficient (Wildman–Crippen LogP) is 4.32. The summed E-state index contributed by atoms with van der Waals surface area (Å²) in [6.07, 6.45) is 0. The van der Waals surface area contributed by atoms with Gasteiger partial charge in [0.05, 0.1) is 25.6 Å². The van der Waals surface area contributed by atoms with Crippen LogP contribution < -0.4 is 10.1 Å². The molecule has 8 heteroatoms. The molecular formula is C23H27N3O4S. The maximum absolute atomic E-state index is 12.3. The van der Waals surface area contributed by atoms with Crippen molar-refractivity contribution in [2.24, 2.45) is 5.92 Å². The molecule has 2 heterocycles. The smallest absolute Gasteiger partial charge is 0.350 e. The Hall–Kier alpha value is -2.97. The molecule has 1 aromatic carbocycles. The number of rotatable bonds is 8. The summed E-state index contributed by atoms with van der Waals surface area (Å²) in [5, 5.41) is 3.60. The van der Waals surface area contributed by atoms with Gasteiger partial charge in [-0.2, -0.15) is 0 Å². The van der Waals surface area contributed by atoms with E-state index in [2.05, 4.69) is 16.3 Å². The lowest BCUT2D eigenvalue weighted by molar-refractivity contribution is -0.118. The van der Waals surface area contributed by atoms with E-state index < -0.39 is 5.97 Å². The normalized spacial score (nSPS) is 11.2. The molecule has 3 rings (SSSR count). The number of thiophene rings is 1. The zero-order valence-electron chi connectivity index (χ0n) is 18.4. The number of aromatic nitrogens is 1. The molecule has 164 valence electrons. The van der Waals surface area contributed by atoms with Gasteiger partial charge in [0.1, 0.15) is 15.5 Å². The van der Waals surface area contributed by atoms with Gasteiger partial charge < -0.3 is 14.8 Å². The number of esters is 1. The molecule has 31 heavy (non-hydrogen) atoms. The highest BCUT2D eigenvalue weighted by Gasteiger charge is 2.22. The number of pyridine rings is 1. The molecule has 0 unspecified atom stereocenters. The van der Waals surface area contributed by atoms with Gasteiger partial charge in [-0.3, -0.25) is 9.69 Å². The Kier molecular flexibility index (Phi) is 7.25. The number of anilines is 1. The number of benzene rings is 1. The van der Waals surface area contributed by atoms with Gasteiger partial charge in [0, 0.05) is 24.4 Å². The van der Waals surface area contributed by atoms with Crippen molar-refractivity contribution in [2.75, 3.05) is 26.6 Å². The Bertz CT molecular complexity index is 1090. The standard InChI is InChI=1S/C23H27N3O4S/c1-14(2)21(27)25-19-18-10-9-16(24-22(18)31-20(19)23(28)30-5)13-26(3)12-15-7-6-8-17(11-15)29-4/h6-11,14H,12-13H2,1-5H3,(H,25,27).